The van der Waals surface area contributed by atoms with E-state index in [0.717, 1.165) is 14.1 Å². The molecule has 0 saturated carbocycles. The van der Waals surface area contributed by atoms with Gasteiger partial charge < -0.3 is 18.0 Å². The maximum atomic E-state index is 13.3. The van der Waals surface area contributed by atoms with Crippen LogP contribution in [-0.2, 0) is 18.0 Å². The van der Waals surface area contributed by atoms with E-state index in [2.05, 4.69) is 4.74 Å². The Morgan fingerprint density at radius 2 is 1.43 bits per heavy atom. The fourth-order valence-electron chi connectivity index (χ4n) is 1.56. The van der Waals surface area contributed by atoms with Crippen LogP contribution < -0.4 is 0 Å². The van der Waals surface area contributed by atoms with Crippen LogP contribution in [-0.4, -0.2) is 74.3 Å². The third-order valence-electron chi connectivity index (χ3n) is 2.99. The quantitative estimate of drug-likeness (QED) is 0.250. The van der Waals surface area contributed by atoms with Gasteiger partial charge in [-0.3, -0.25) is 0 Å². The average molecular weight is 337 g/mol. The maximum absolute atomic E-state index is 13.3. The van der Waals surface area contributed by atoms with Crippen molar-refractivity contribution in [3.63, 3.8) is 0 Å². The SMILES string of the molecule is CO[Si](CCCOCC(F)(F)C(F)(F)N(C)C)(OC)OC. The number of ether oxygens (including phenoxy) is 1. The highest BCUT2D eigenvalue weighted by Gasteiger charge is 2.58. The maximum Gasteiger partial charge on any atom is 0.500 e. The molecule has 0 heterocycles. The van der Waals surface area contributed by atoms with Gasteiger partial charge in [0.15, 0.2) is 0 Å². The highest BCUT2D eigenvalue weighted by Crippen LogP contribution is 2.35. The van der Waals surface area contributed by atoms with Crippen LogP contribution in [0.5, 0.6) is 0 Å². The normalized spacial score (nSPS) is 14.0. The van der Waals surface area contributed by atoms with Gasteiger partial charge in [0.1, 0.15) is 6.61 Å². The molecule has 0 aromatic heterocycles. The first-order chi connectivity index (χ1) is 9.58. The van der Waals surface area contributed by atoms with Crippen LogP contribution in [0.15, 0.2) is 0 Å². The molecule has 0 bridgehead atoms. The Hall–Kier alpha value is -0.263. The van der Waals surface area contributed by atoms with E-state index in [1.165, 1.54) is 21.3 Å². The van der Waals surface area contributed by atoms with E-state index < -0.39 is 27.4 Å². The number of alkyl halides is 4. The smallest absolute Gasteiger partial charge is 0.377 e. The molecule has 128 valence electrons. The fraction of sp³-hybridized carbons (Fsp3) is 1.00. The van der Waals surface area contributed by atoms with Crippen LogP contribution >= 0.6 is 0 Å². The Morgan fingerprint density at radius 1 is 0.952 bits per heavy atom. The van der Waals surface area contributed by atoms with Gasteiger partial charge in [0.2, 0.25) is 0 Å². The van der Waals surface area contributed by atoms with Crippen molar-refractivity contribution in [2.24, 2.45) is 0 Å². The van der Waals surface area contributed by atoms with Gasteiger partial charge in [-0.1, -0.05) is 0 Å². The van der Waals surface area contributed by atoms with Crippen molar-refractivity contribution in [1.29, 1.82) is 0 Å². The number of rotatable bonds is 11. The predicted molar refractivity (Wildman–Crippen MR) is 70.6 cm³/mol. The standard InChI is InChI=1S/C11H23F4NO4Si/c1-16(2)11(14,15)10(12,13)9-20-7-6-8-21(17-3,18-4)19-5/h6-9H2,1-5H3. The summed E-state index contributed by atoms with van der Waals surface area (Å²) in [6, 6.07) is -3.93. The number of hydrogen-bond acceptors (Lipinski definition) is 5. The number of halogens is 4. The summed E-state index contributed by atoms with van der Waals surface area (Å²) in [6.45, 7) is -1.48. The Morgan fingerprint density at radius 3 is 1.81 bits per heavy atom. The first kappa shape index (κ1) is 20.7. The Labute approximate surface area is 123 Å². The summed E-state index contributed by atoms with van der Waals surface area (Å²) in [5.41, 5.74) is 0. The van der Waals surface area contributed by atoms with Crippen LogP contribution in [0, 0.1) is 0 Å². The minimum absolute atomic E-state index is 0.121. The number of hydrogen-bond donors (Lipinski definition) is 0. The van der Waals surface area contributed by atoms with E-state index in [1.54, 1.807) is 0 Å². The fourth-order valence-corrected chi connectivity index (χ4v) is 3.25. The zero-order valence-corrected chi connectivity index (χ0v) is 13.9. The molecule has 0 aliphatic rings. The van der Waals surface area contributed by atoms with E-state index >= 15 is 0 Å². The molecular formula is C11H23F4NO4Si. The van der Waals surface area contributed by atoms with Crippen molar-refractivity contribution < 1.29 is 35.6 Å². The summed E-state index contributed by atoms with van der Waals surface area (Å²) < 4.78 is 73.2. The first-order valence-electron chi connectivity index (χ1n) is 6.25. The van der Waals surface area contributed by atoms with Crippen molar-refractivity contribution in [3.05, 3.63) is 0 Å². The van der Waals surface area contributed by atoms with Crippen molar-refractivity contribution in [3.8, 4) is 0 Å². The van der Waals surface area contributed by atoms with Gasteiger partial charge in [-0.2, -0.15) is 17.6 Å². The lowest BCUT2D eigenvalue weighted by Crippen LogP contribution is -2.53. The molecule has 0 spiro atoms. The second-order valence-electron chi connectivity index (χ2n) is 4.59. The van der Waals surface area contributed by atoms with Crippen LogP contribution in [0.25, 0.3) is 0 Å². The summed E-state index contributed by atoms with van der Waals surface area (Å²) >= 11 is 0. The molecular weight excluding hydrogens is 314 g/mol. The molecule has 21 heavy (non-hydrogen) atoms. The monoisotopic (exact) mass is 337 g/mol. The first-order valence-corrected chi connectivity index (χ1v) is 8.18. The largest absolute Gasteiger partial charge is 0.500 e. The van der Waals surface area contributed by atoms with Crippen LogP contribution in [0.3, 0.4) is 0 Å². The molecule has 0 fully saturated rings. The lowest BCUT2D eigenvalue weighted by molar-refractivity contribution is -0.288. The highest BCUT2D eigenvalue weighted by atomic mass is 28.4. The van der Waals surface area contributed by atoms with E-state index in [1.807, 2.05) is 0 Å². The third kappa shape index (κ3) is 5.46. The summed E-state index contributed by atoms with van der Waals surface area (Å²) in [6.07, 6.45) is 0.297. The lowest BCUT2D eigenvalue weighted by atomic mass is 10.3. The zero-order chi connectivity index (χ0) is 16.7. The van der Waals surface area contributed by atoms with E-state index in [9.17, 15) is 17.6 Å². The molecule has 0 radical (unpaired) electrons. The predicted octanol–water partition coefficient (Wildman–Crippen LogP) is 2.06. The molecule has 10 heteroatoms. The molecule has 0 aromatic carbocycles. The molecule has 0 aromatic rings. The molecule has 0 unspecified atom stereocenters. The second-order valence-corrected chi connectivity index (χ2v) is 7.68. The molecule has 5 nitrogen and oxygen atoms in total. The topological polar surface area (TPSA) is 40.2 Å². The van der Waals surface area contributed by atoms with Gasteiger partial charge in [-0.15, -0.1) is 0 Å². The molecule has 0 aliphatic heterocycles. The van der Waals surface area contributed by atoms with Crippen molar-refractivity contribution in [2.75, 3.05) is 48.6 Å². The van der Waals surface area contributed by atoms with Gasteiger partial charge >= 0.3 is 20.8 Å². The Kier molecular flexibility index (Phi) is 8.29. The highest BCUT2D eigenvalue weighted by molar-refractivity contribution is 6.60. The van der Waals surface area contributed by atoms with Crippen molar-refractivity contribution in [2.45, 2.75) is 24.4 Å². The van der Waals surface area contributed by atoms with E-state index in [0.29, 0.717) is 12.5 Å². The summed E-state index contributed by atoms with van der Waals surface area (Å²) in [4.78, 5) is 0.162. The Balaban J connectivity index is 4.22. The van der Waals surface area contributed by atoms with Gasteiger partial charge in [-0.25, -0.2) is 4.90 Å². The third-order valence-corrected chi connectivity index (χ3v) is 5.82. The molecule has 0 atom stereocenters. The molecule has 0 saturated heterocycles. The summed E-state index contributed by atoms with van der Waals surface area (Å²) in [7, 11) is 3.23. The van der Waals surface area contributed by atoms with Crippen LogP contribution in [0.4, 0.5) is 17.6 Å². The summed E-state index contributed by atoms with van der Waals surface area (Å²) in [5.74, 6) is -4.27. The van der Waals surface area contributed by atoms with Gasteiger partial charge in [-0.05, 0) is 20.5 Å². The minimum atomic E-state index is -4.27. The van der Waals surface area contributed by atoms with Gasteiger partial charge in [0.05, 0.1) is 0 Å². The molecule has 0 amide bonds. The Bertz CT molecular complexity index is 296. The zero-order valence-electron chi connectivity index (χ0n) is 12.9. The molecule has 0 aliphatic carbocycles. The van der Waals surface area contributed by atoms with Crippen LogP contribution in [0.2, 0.25) is 6.04 Å². The van der Waals surface area contributed by atoms with Crippen LogP contribution in [0.1, 0.15) is 6.42 Å². The van der Waals surface area contributed by atoms with Gasteiger partial charge in [0, 0.05) is 34.0 Å². The van der Waals surface area contributed by atoms with E-state index in [-0.39, 0.29) is 11.5 Å². The minimum Gasteiger partial charge on any atom is -0.377 e. The van der Waals surface area contributed by atoms with Gasteiger partial charge in [0.25, 0.3) is 0 Å². The van der Waals surface area contributed by atoms with Crippen molar-refractivity contribution >= 4 is 8.80 Å². The molecule has 0 N–H and O–H groups in total. The number of nitrogens with zero attached hydrogens (tertiary/aromatic N) is 1. The lowest BCUT2D eigenvalue weighted by Gasteiger charge is -2.31. The molecule has 0 rings (SSSR count). The van der Waals surface area contributed by atoms with Crippen molar-refractivity contribution in [1.82, 2.24) is 4.90 Å². The average Bonchev–Trinajstić information content (AvgIpc) is 2.43. The summed E-state index contributed by atoms with van der Waals surface area (Å²) in [5, 5.41) is 0. The second kappa shape index (κ2) is 8.39. The van der Waals surface area contributed by atoms with E-state index in [4.69, 9.17) is 13.3 Å².